The molecule has 3 nitrogen and oxygen atoms in total. The van der Waals surface area contributed by atoms with E-state index in [1.165, 1.54) is 12.0 Å². The molecule has 0 spiro atoms. The average molecular weight is 351 g/mol. The van der Waals surface area contributed by atoms with Crippen molar-refractivity contribution in [1.82, 2.24) is 4.98 Å². The zero-order valence-corrected chi connectivity index (χ0v) is 15.7. The number of aryl methyl sites for hydroxylation is 2. The van der Waals surface area contributed by atoms with Gasteiger partial charge in [-0.25, -0.2) is 4.98 Å². The summed E-state index contributed by atoms with van der Waals surface area (Å²) in [7, 11) is 0. The number of aromatic nitrogens is 1. The number of carbonyl (C=O) groups is 1. The first-order valence-electron chi connectivity index (χ1n) is 9.98. The molecule has 0 bridgehead atoms. The van der Waals surface area contributed by atoms with Crippen molar-refractivity contribution >= 4 is 5.78 Å². The normalized spacial score (nSPS) is 15.0. The summed E-state index contributed by atoms with van der Waals surface area (Å²) in [6.07, 6.45) is 10.3. The molecule has 3 rings (SSSR count). The Hall–Kier alpha value is -2.16. The molecule has 1 fully saturated rings. The van der Waals surface area contributed by atoms with Crippen molar-refractivity contribution in [3.63, 3.8) is 0 Å². The van der Waals surface area contributed by atoms with Crippen LogP contribution in [0.5, 0.6) is 5.88 Å². The third kappa shape index (κ3) is 4.72. The largest absolute Gasteiger partial charge is 0.477 e. The lowest BCUT2D eigenvalue weighted by Gasteiger charge is -2.22. The SMILES string of the molecule is CCOc1nccc(CCCc2ccccc2)c1C(=O)C1CCCCC1. The minimum atomic E-state index is 0.139. The number of benzene rings is 1. The van der Waals surface area contributed by atoms with Gasteiger partial charge in [0, 0.05) is 12.1 Å². The van der Waals surface area contributed by atoms with E-state index in [1.807, 2.05) is 19.1 Å². The van der Waals surface area contributed by atoms with Crippen molar-refractivity contribution in [1.29, 1.82) is 0 Å². The quantitative estimate of drug-likeness (QED) is 0.596. The highest BCUT2D eigenvalue weighted by Gasteiger charge is 2.27. The van der Waals surface area contributed by atoms with Crippen LogP contribution in [-0.2, 0) is 12.8 Å². The average Bonchev–Trinajstić information content (AvgIpc) is 2.69. The van der Waals surface area contributed by atoms with Crippen LogP contribution in [0.4, 0.5) is 0 Å². The lowest BCUT2D eigenvalue weighted by Crippen LogP contribution is -2.21. The van der Waals surface area contributed by atoms with Gasteiger partial charge in [0.05, 0.1) is 12.2 Å². The summed E-state index contributed by atoms with van der Waals surface area (Å²) in [5.41, 5.74) is 3.18. The van der Waals surface area contributed by atoms with E-state index in [4.69, 9.17) is 4.74 Å². The fourth-order valence-corrected chi connectivity index (χ4v) is 3.89. The molecule has 1 aromatic heterocycles. The fourth-order valence-electron chi connectivity index (χ4n) is 3.89. The van der Waals surface area contributed by atoms with Crippen molar-refractivity contribution in [2.75, 3.05) is 6.61 Å². The van der Waals surface area contributed by atoms with E-state index >= 15 is 0 Å². The Morgan fingerprint density at radius 3 is 2.58 bits per heavy atom. The summed E-state index contributed by atoms with van der Waals surface area (Å²) >= 11 is 0. The Bertz CT molecular complexity index is 705. The molecule has 0 amide bonds. The molecule has 0 aliphatic heterocycles. The number of carbonyl (C=O) groups excluding carboxylic acids is 1. The van der Waals surface area contributed by atoms with Crippen LogP contribution in [0.25, 0.3) is 0 Å². The van der Waals surface area contributed by atoms with Crippen molar-refractivity contribution in [2.24, 2.45) is 5.92 Å². The predicted octanol–water partition coefficient (Wildman–Crippen LogP) is 5.42. The van der Waals surface area contributed by atoms with Gasteiger partial charge in [-0.2, -0.15) is 0 Å². The predicted molar refractivity (Wildman–Crippen MR) is 105 cm³/mol. The number of ketones is 1. The number of hydrogen-bond acceptors (Lipinski definition) is 3. The van der Waals surface area contributed by atoms with Gasteiger partial charge in [0.1, 0.15) is 0 Å². The Morgan fingerprint density at radius 2 is 1.85 bits per heavy atom. The van der Waals surface area contributed by atoms with Gasteiger partial charge in [0.2, 0.25) is 5.88 Å². The number of nitrogens with zero attached hydrogens (tertiary/aromatic N) is 1. The van der Waals surface area contributed by atoms with Crippen LogP contribution in [0.15, 0.2) is 42.6 Å². The summed E-state index contributed by atoms with van der Waals surface area (Å²) in [6.45, 7) is 2.48. The van der Waals surface area contributed by atoms with Crippen LogP contribution >= 0.6 is 0 Å². The van der Waals surface area contributed by atoms with Gasteiger partial charge in [-0.1, -0.05) is 49.6 Å². The highest BCUT2D eigenvalue weighted by atomic mass is 16.5. The van der Waals surface area contributed by atoms with E-state index in [1.54, 1.807) is 6.20 Å². The van der Waals surface area contributed by atoms with E-state index in [0.717, 1.165) is 56.1 Å². The second-order valence-corrected chi connectivity index (χ2v) is 7.12. The third-order valence-corrected chi connectivity index (χ3v) is 5.26. The van der Waals surface area contributed by atoms with Crippen molar-refractivity contribution in [3.05, 3.63) is 59.3 Å². The number of Topliss-reactive ketones (excluding diaryl/α,β-unsaturated/α-hetero) is 1. The Labute approximate surface area is 156 Å². The van der Waals surface area contributed by atoms with Gasteiger partial charge in [0.25, 0.3) is 0 Å². The molecule has 1 aliphatic carbocycles. The zero-order valence-electron chi connectivity index (χ0n) is 15.7. The van der Waals surface area contributed by atoms with Crippen LogP contribution in [0.3, 0.4) is 0 Å². The van der Waals surface area contributed by atoms with E-state index in [2.05, 4.69) is 29.2 Å². The molecule has 0 N–H and O–H groups in total. The van der Waals surface area contributed by atoms with Crippen LogP contribution < -0.4 is 4.74 Å². The molecule has 1 aromatic carbocycles. The van der Waals surface area contributed by atoms with Gasteiger partial charge in [-0.15, -0.1) is 0 Å². The summed E-state index contributed by atoms with van der Waals surface area (Å²) in [5.74, 6) is 0.913. The van der Waals surface area contributed by atoms with Crippen LogP contribution in [0, 0.1) is 5.92 Å². The maximum Gasteiger partial charge on any atom is 0.224 e. The molecule has 2 aromatic rings. The topological polar surface area (TPSA) is 39.2 Å². The number of hydrogen-bond donors (Lipinski definition) is 0. The fraction of sp³-hybridized carbons (Fsp3) is 0.478. The van der Waals surface area contributed by atoms with Crippen molar-refractivity contribution in [2.45, 2.75) is 58.3 Å². The molecule has 0 saturated heterocycles. The molecule has 26 heavy (non-hydrogen) atoms. The van der Waals surface area contributed by atoms with Gasteiger partial charge >= 0.3 is 0 Å². The molecule has 1 aliphatic rings. The Morgan fingerprint density at radius 1 is 1.08 bits per heavy atom. The van der Waals surface area contributed by atoms with Crippen LogP contribution in [-0.4, -0.2) is 17.4 Å². The Balaban J connectivity index is 1.77. The summed E-state index contributed by atoms with van der Waals surface area (Å²) in [6, 6.07) is 12.5. The van der Waals surface area contributed by atoms with Gasteiger partial charge in [0.15, 0.2) is 5.78 Å². The first-order valence-corrected chi connectivity index (χ1v) is 9.98. The minimum absolute atomic E-state index is 0.139. The van der Waals surface area contributed by atoms with E-state index < -0.39 is 0 Å². The first kappa shape index (κ1) is 18.6. The highest BCUT2D eigenvalue weighted by Crippen LogP contribution is 2.31. The monoisotopic (exact) mass is 351 g/mol. The Kier molecular flexibility index (Phi) is 6.82. The second-order valence-electron chi connectivity index (χ2n) is 7.12. The molecule has 1 saturated carbocycles. The van der Waals surface area contributed by atoms with Crippen LogP contribution in [0.2, 0.25) is 0 Å². The number of pyridine rings is 1. The summed E-state index contributed by atoms with van der Waals surface area (Å²) in [5, 5.41) is 0. The van der Waals surface area contributed by atoms with Crippen molar-refractivity contribution < 1.29 is 9.53 Å². The second kappa shape index (κ2) is 9.51. The number of rotatable bonds is 8. The lowest BCUT2D eigenvalue weighted by atomic mass is 9.82. The van der Waals surface area contributed by atoms with E-state index in [0.29, 0.717) is 12.5 Å². The molecule has 0 radical (unpaired) electrons. The zero-order chi connectivity index (χ0) is 18.2. The standard InChI is InChI=1S/C23H29NO2/c1-2-26-23-21(22(25)20-13-7-4-8-14-20)19(16-17-24-23)15-9-12-18-10-5-3-6-11-18/h3,5-6,10-11,16-17,20H,2,4,7-9,12-15H2,1H3. The third-order valence-electron chi connectivity index (χ3n) is 5.26. The van der Waals surface area contributed by atoms with E-state index in [9.17, 15) is 4.79 Å². The highest BCUT2D eigenvalue weighted by molar-refractivity contribution is 6.01. The molecule has 1 heterocycles. The lowest BCUT2D eigenvalue weighted by molar-refractivity contribution is 0.0883. The number of ether oxygens (including phenoxy) is 1. The van der Waals surface area contributed by atoms with Crippen molar-refractivity contribution in [3.8, 4) is 5.88 Å². The minimum Gasteiger partial charge on any atom is -0.477 e. The molecule has 0 unspecified atom stereocenters. The molecule has 0 atom stereocenters. The summed E-state index contributed by atoms with van der Waals surface area (Å²) in [4.78, 5) is 17.6. The van der Waals surface area contributed by atoms with Gasteiger partial charge in [-0.3, -0.25) is 4.79 Å². The van der Waals surface area contributed by atoms with E-state index in [-0.39, 0.29) is 11.7 Å². The maximum absolute atomic E-state index is 13.2. The van der Waals surface area contributed by atoms with Gasteiger partial charge in [-0.05, 0) is 56.2 Å². The molecular weight excluding hydrogens is 322 g/mol. The van der Waals surface area contributed by atoms with Crippen LogP contribution in [0.1, 0.15) is 66.9 Å². The molecule has 3 heteroatoms. The first-order chi connectivity index (χ1) is 12.8. The maximum atomic E-state index is 13.2. The molecular formula is C23H29NO2. The molecule has 138 valence electrons. The smallest absolute Gasteiger partial charge is 0.224 e. The van der Waals surface area contributed by atoms with Gasteiger partial charge < -0.3 is 4.74 Å². The summed E-state index contributed by atoms with van der Waals surface area (Å²) < 4.78 is 5.72.